The average Bonchev–Trinajstić information content (AvgIpc) is 3.01. The van der Waals surface area contributed by atoms with Gasteiger partial charge in [0.15, 0.2) is 0 Å². The Balaban J connectivity index is 2.19. The maximum Gasteiger partial charge on any atom is 0.295 e. The fraction of sp³-hybridized carbons (Fsp3) is 0.333. The standard InChI is InChI=1S/C24H27FN2O4/c1-5-15-6-8-16(9-7-15)21-20(23(29)24(30)27(21)13-12-26(2)3)22(28)18-14-17(25)10-11-19(18)31-4/h6-11,14,21,28H,5,12-13H2,1-4H3/b22-20+. The molecule has 1 N–H and O–H groups in total. The van der Waals surface area contributed by atoms with E-state index < -0.39 is 29.3 Å². The lowest BCUT2D eigenvalue weighted by molar-refractivity contribution is -0.140. The van der Waals surface area contributed by atoms with Gasteiger partial charge >= 0.3 is 0 Å². The van der Waals surface area contributed by atoms with Crippen LogP contribution in [0.1, 0.15) is 29.7 Å². The molecule has 0 aliphatic carbocycles. The summed E-state index contributed by atoms with van der Waals surface area (Å²) in [6.07, 6.45) is 0.849. The number of amides is 1. The van der Waals surface area contributed by atoms with E-state index in [0.29, 0.717) is 18.7 Å². The number of aryl methyl sites for hydroxylation is 1. The average molecular weight is 426 g/mol. The van der Waals surface area contributed by atoms with Crippen molar-refractivity contribution in [2.45, 2.75) is 19.4 Å². The monoisotopic (exact) mass is 426 g/mol. The maximum atomic E-state index is 13.9. The van der Waals surface area contributed by atoms with Crippen molar-refractivity contribution in [3.63, 3.8) is 0 Å². The lowest BCUT2D eigenvalue weighted by Crippen LogP contribution is -2.35. The number of aliphatic hydroxyl groups excluding tert-OH is 1. The molecule has 3 rings (SSSR count). The van der Waals surface area contributed by atoms with E-state index in [0.717, 1.165) is 18.1 Å². The molecule has 164 valence electrons. The number of aliphatic hydroxyl groups is 1. The number of methoxy groups -OCH3 is 1. The minimum Gasteiger partial charge on any atom is -0.507 e. The highest BCUT2D eigenvalue weighted by molar-refractivity contribution is 6.46. The topological polar surface area (TPSA) is 70.1 Å². The van der Waals surface area contributed by atoms with Crippen molar-refractivity contribution in [1.82, 2.24) is 9.80 Å². The minimum atomic E-state index is -0.799. The van der Waals surface area contributed by atoms with Crippen molar-refractivity contribution >= 4 is 17.4 Å². The highest BCUT2D eigenvalue weighted by Crippen LogP contribution is 2.41. The summed E-state index contributed by atoms with van der Waals surface area (Å²) < 4.78 is 19.2. The highest BCUT2D eigenvalue weighted by atomic mass is 19.1. The third-order valence-electron chi connectivity index (χ3n) is 5.45. The van der Waals surface area contributed by atoms with Crippen LogP contribution in [0.4, 0.5) is 4.39 Å². The number of likely N-dealkylation sites (tertiary alicyclic amines) is 1. The Morgan fingerprint density at radius 1 is 1.16 bits per heavy atom. The first-order valence-electron chi connectivity index (χ1n) is 10.1. The Bertz CT molecular complexity index is 1010. The van der Waals surface area contributed by atoms with Crippen molar-refractivity contribution in [1.29, 1.82) is 0 Å². The summed E-state index contributed by atoms with van der Waals surface area (Å²) in [5.41, 5.74) is 1.77. The van der Waals surface area contributed by atoms with Gasteiger partial charge < -0.3 is 19.6 Å². The molecule has 7 heteroatoms. The van der Waals surface area contributed by atoms with Gasteiger partial charge in [-0.05, 0) is 49.8 Å². The molecule has 6 nitrogen and oxygen atoms in total. The van der Waals surface area contributed by atoms with Gasteiger partial charge in [-0.3, -0.25) is 9.59 Å². The second-order valence-electron chi connectivity index (χ2n) is 7.74. The van der Waals surface area contributed by atoms with Crippen LogP contribution in [0.5, 0.6) is 5.75 Å². The first-order chi connectivity index (χ1) is 14.8. The van der Waals surface area contributed by atoms with Crippen LogP contribution in [0, 0.1) is 5.82 Å². The molecule has 1 aliphatic rings. The predicted molar refractivity (Wildman–Crippen MR) is 116 cm³/mol. The zero-order valence-corrected chi connectivity index (χ0v) is 18.2. The van der Waals surface area contributed by atoms with Crippen LogP contribution in [-0.2, 0) is 16.0 Å². The molecule has 1 atom stereocenters. The number of hydrogen-bond acceptors (Lipinski definition) is 5. The second-order valence-corrected chi connectivity index (χ2v) is 7.74. The van der Waals surface area contributed by atoms with Gasteiger partial charge in [-0.15, -0.1) is 0 Å². The summed E-state index contributed by atoms with van der Waals surface area (Å²) in [5, 5.41) is 11.1. The Labute approximate surface area is 181 Å². The van der Waals surface area contributed by atoms with Crippen molar-refractivity contribution < 1.29 is 23.8 Å². The number of nitrogens with zero attached hydrogens (tertiary/aromatic N) is 2. The van der Waals surface area contributed by atoms with Gasteiger partial charge in [0.2, 0.25) is 0 Å². The lowest BCUT2D eigenvalue weighted by Gasteiger charge is -2.26. The zero-order chi connectivity index (χ0) is 22.7. The van der Waals surface area contributed by atoms with E-state index in [9.17, 15) is 19.1 Å². The number of benzene rings is 2. The van der Waals surface area contributed by atoms with Gasteiger partial charge in [0.25, 0.3) is 11.7 Å². The fourth-order valence-corrected chi connectivity index (χ4v) is 3.71. The predicted octanol–water partition coefficient (Wildman–Crippen LogP) is 3.38. The summed E-state index contributed by atoms with van der Waals surface area (Å²) in [6.45, 7) is 2.88. The van der Waals surface area contributed by atoms with Crippen molar-refractivity contribution in [2.75, 3.05) is 34.3 Å². The van der Waals surface area contributed by atoms with Gasteiger partial charge in [0.05, 0.1) is 24.3 Å². The molecule has 0 bridgehead atoms. The smallest absolute Gasteiger partial charge is 0.295 e. The lowest BCUT2D eigenvalue weighted by atomic mass is 9.94. The van der Waals surface area contributed by atoms with Crippen LogP contribution < -0.4 is 4.74 Å². The summed E-state index contributed by atoms with van der Waals surface area (Å²) in [6, 6.07) is 10.5. The number of halogens is 1. The number of carbonyl (C=O) groups is 2. The first-order valence-corrected chi connectivity index (χ1v) is 10.1. The van der Waals surface area contributed by atoms with Gasteiger partial charge in [0.1, 0.15) is 17.3 Å². The van der Waals surface area contributed by atoms with Gasteiger partial charge in [0, 0.05) is 13.1 Å². The summed E-state index contributed by atoms with van der Waals surface area (Å²) in [5.74, 6) is -2.33. The third-order valence-corrected chi connectivity index (χ3v) is 5.45. The zero-order valence-electron chi connectivity index (χ0n) is 18.2. The molecule has 1 fully saturated rings. The molecule has 1 amide bonds. The number of ketones is 1. The summed E-state index contributed by atoms with van der Waals surface area (Å²) >= 11 is 0. The van der Waals surface area contributed by atoms with E-state index in [4.69, 9.17) is 4.74 Å². The fourth-order valence-electron chi connectivity index (χ4n) is 3.71. The van der Waals surface area contributed by atoms with Crippen molar-refractivity contribution in [3.8, 4) is 5.75 Å². The molecular weight excluding hydrogens is 399 g/mol. The normalized spacial score (nSPS) is 18.1. The SMILES string of the molecule is CCc1ccc(C2/C(=C(\O)c3cc(F)ccc3OC)C(=O)C(=O)N2CCN(C)C)cc1. The second kappa shape index (κ2) is 9.31. The Kier molecular flexibility index (Phi) is 6.75. The summed E-state index contributed by atoms with van der Waals surface area (Å²) in [4.78, 5) is 29.3. The van der Waals surface area contributed by atoms with E-state index in [1.54, 1.807) is 0 Å². The largest absolute Gasteiger partial charge is 0.507 e. The molecule has 2 aromatic rings. The first kappa shape index (κ1) is 22.5. The highest BCUT2D eigenvalue weighted by Gasteiger charge is 2.46. The van der Waals surface area contributed by atoms with E-state index >= 15 is 0 Å². The van der Waals surface area contributed by atoms with E-state index in [1.807, 2.05) is 50.2 Å². The van der Waals surface area contributed by atoms with Crippen LogP contribution >= 0.6 is 0 Å². The molecule has 1 aliphatic heterocycles. The Hall–Kier alpha value is -3.19. The van der Waals surface area contributed by atoms with Gasteiger partial charge in [-0.2, -0.15) is 0 Å². The van der Waals surface area contributed by atoms with E-state index in [1.165, 1.54) is 24.1 Å². The van der Waals surface area contributed by atoms with Crippen LogP contribution in [0.15, 0.2) is 48.0 Å². The number of hydrogen-bond donors (Lipinski definition) is 1. The number of carbonyl (C=O) groups excluding carboxylic acids is 2. The number of rotatable bonds is 7. The molecule has 31 heavy (non-hydrogen) atoms. The minimum absolute atomic E-state index is 0.0308. The van der Waals surface area contributed by atoms with Gasteiger partial charge in [-0.25, -0.2) is 4.39 Å². The Morgan fingerprint density at radius 3 is 2.42 bits per heavy atom. The molecular formula is C24H27FN2O4. The molecule has 1 unspecified atom stereocenters. The summed E-state index contributed by atoms with van der Waals surface area (Å²) in [7, 11) is 5.14. The Morgan fingerprint density at radius 2 is 1.84 bits per heavy atom. The number of likely N-dealkylation sites (N-methyl/N-ethyl adjacent to an activating group) is 1. The van der Waals surface area contributed by atoms with Crippen LogP contribution in [0.2, 0.25) is 0 Å². The van der Waals surface area contributed by atoms with Crippen LogP contribution in [0.25, 0.3) is 5.76 Å². The molecule has 0 aromatic heterocycles. The molecule has 1 heterocycles. The van der Waals surface area contributed by atoms with Gasteiger partial charge in [-0.1, -0.05) is 31.2 Å². The van der Waals surface area contributed by atoms with Crippen molar-refractivity contribution in [3.05, 3.63) is 70.5 Å². The van der Waals surface area contributed by atoms with E-state index in [2.05, 4.69) is 0 Å². The third kappa shape index (κ3) is 4.46. The molecule has 0 spiro atoms. The van der Waals surface area contributed by atoms with Crippen LogP contribution in [0.3, 0.4) is 0 Å². The molecule has 0 saturated carbocycles. The quantitative estimate of drug-likeness (QED) is 0.418. The molecule has 0 radical (unpaired) electrons. The van der Waals surface area contributed by atoms with E-state index in [-0.39, 0.29) is 16.9 Å². The number of ether oxygens (including phenoxy) is 1. The van der Waals surface area contributed by atoms with Crippen molar-refractivity contribution in [2.24, 2.45) is 0 Å². The van der Waals surface area contributed by atoms with Crippen LogP contribution in [-0.4, -0.2) is 60.9 Å². The number of Topliss-reactive ketones (excluding diaryl/α,β-unsaturated/α-hetero) is 1. The molecule has 2 aromatic carbocycles. The molecule has 1 saturated heterocycles. The maximum absolute atomic E-state index is 13.9.